The van der Waals surface area contributed by atoms with Crippen LogP contribution in [-0.4, -0.2) is 70.4 Å². The van der Waals surface area contributed by atoms with Crippen molar-refractivity contribution in [2.75, 3.05) is 37.0 Å². The fraction of sp³-hybridized carbons (Fsp3) is 0.316. The fourth-order valence-corrected chi connectivity index (χ4v) is 3.49. The van der Waals surface area contributed by atoms with Gasteiger partial charge in [0, 0.05) is 38.6 Å². The lowest BCUT2D eigenvalue weighted by molar-refractivity contribution is -0.384. The molecule has 0 aliphatic carbocycles. The van der Waals surface area contributed by atoms with Crippen molar-refractivity contribution in [2.45, 2.75) is 12.5 Å². The SMILES string of the molecule is C=[N+](C)C(=O)c1ccc(N(C)C2CCN(c3ncnc4[nH]ccc34)C2)nc1. The van der Waals surface area contributed by atoms with Crippen molar-refractivity contribution in [1.82, 2.24) is 19.9 Å². The molecule has 1 N–H and O–H groups in total. The summed E-state index contributed by atoms with van der Waals surface area (Å²) in [5.41, 5.74) is 1.39. The Kier molecular flexibility index (Phi) is 4.31. The van der Waals surface area contributed by atoms with E-state index in [1.807, 2.05) is 25.4 Å². The summed E-state index contributed by atoms with van der Waals surface area (Å²) in [6, 6.07) is 6.01. The zero-order chi connectivity index (χ0) is 19.0. The van der Waals surface area contributed by atoms with Crippen molar-refractivity contribution >= 4 is 35.3 Å². The third-order valence-electron chi connectivity index (χ3n) is 5.05. The highest BCUT2D eigenvalue weighted by atomic mass is 16.2. The Bertz CT molecular complexity index is 995. The summed E-state index contributed by atoms with van der Waals surface area (Å²) in [5, 5.41) is 1.04. The Balaban J connectivity index is 1.49. The first-order chi connectivity index (χ1) is 13.0. The lowest BCUT2D eigenvalue weighted by Gasteiger charge is -2.26. The van der Waals surface area contributed by atoms with Crippen molar-refractivity contribution in [1.29, 1.82) is 0 Å². The van der Waals surface area contributed by atoms with Crippen LogP contribution in [0.3, 0.4) is 0 Å². The van der Waals surface area contributed by atoms with E-state index in [1.54, 1.807) is 25.6 Å². The summed E-state index contributed by atoms with van der Waals surface area (Å²) < 4.78 is 1.30. The predicted molar refractivity (Wildman–Crippen MR) is 105 cm³/mol. The number of aromatic amines is 1. The van der Waals surface area contributed by atoms with Crippen LogP contribution in [0.5, 0.6) is 0 Å². The van der Waals surface area contributed by atoms with Crippen molar-refractivity contribution in [3.05, 3.63) is 42.5 Å². The molecule has 8 heteroatoms. The number of carbonyl (C=O) groups is 1. The maximum Gasteiger partial charge on any atom is 0.420 e. The molecule has 0 radical (unpaired) electrons. The molecular formula is C19H22N7O+. The second kappa shape index (κ2) is 6.79. The monoisotopic (exact) mass is 364 g/mol. The summed E-state index contributed by atoms with van der Waals surface area (Å²) in [7, 11) is 3.67. The van der Waals surface area contributed by atoms with E-state index in [1.165, 1.54) is 4.58 Å². The molecule has 4 heterocycles. The molecule has 0 spiro atoms. The zero-order valence-corrected chi connectivity index (χ0v) is 15.5. The molecule has 1 aliphatic heterocycles. The second-order valence-electron chi connectivity index (χ2n) is 6.84. The van der Waals surface area contributed by atoms with Crippen molar-refractivity contribution in [3.63, 3.8) is 0 Å². The minimum atomic E-state index is -0.150. The lowest BCUT2D eigenvalue weighted by atomic mass is 10.2. The van der Waals surface area contributed by atoms with Gasteiger partial charge in [-0.05, 0) is 24.6 Å². The van der Waals surface area contributed by atoms with Crippen molar-refractivity contribution in [2.24, 2.45) is 0 Å². The van der Waals surface area contributed by atoms with E-state index in [4.69, 9.17) is 0 Å². The molecule has 27 heavy (non-hydrogen) atoms. The Hall–Kier alpha value is -3.29. The number of amides is 1. The molecule has 1 amide bonds. The van der Waals surface area contributed by atoms with E-state index >= 15 is 0 Å². The van der Waals surface area contributed by atoms with Gasteiger partial charge < -0.3 is 14.8 Å². The largest absolute Gasteiger partial charge is 0.420 e. The van der Waals surface area contributed by atoms with E-state index in [-0.39, 0.29) is 5.91 Å². The van der Waals surface area contributed by atoms with E-state index in [0.29, 0.717) is 11.6 Å². The van der Waals surface area contributed by atoms with Crippen LogP contribution < -0.4 is 9.80 Å². The van der Waals surface area contributed by atoms with Gasteiger partial charge >= 0.3 is 5.91 Å². The first-order valence-electron chi connectivity index (χ1n) is 8.85. The van der Waals surface area contributed by atoms with Gasteiger partial charge in [-0.1, -0.05) is 0 Å². The van der Waals surface area contributed by atoms with Crippen LogP contribution in [0.4, 0.5) is 11.6 Å². The highest BCUT2D eigenvalue weighted by Crippen LogP contribution is 2.28. The van der Waals surface area contributed by atoms with E-state index in [9.17, 15) is 4.79 Å². The molecule has 0 aromatic carbocycles. The molecule has 3 aromatic heterocycles. The number of carbonyl (C=O) groups excluding carboxylic acids is 1. The lowest BCUT2D eigenvalue weighted by Crippen LogP contribution is -2.35. The molecule has 138 valence electrons. The quantitative estimate of drug-likeness (QED) is 0.559. The maximum absolute atomic E-state index is 12.0. The number of rotatable bonds is 4. The first kappa shape index (κ1) is 17.1. The predicted octanol–water partition coefficient (Wildman–Crippen LogP) is 1.55. The summed E-state index contributed by atoms with van der Waals surface area (Å²) >= 11 is 0. The number of nitrogens with zero attached hydrogens (tertiary/aromatic N) is 6. The molecule has 1 unspecified atom stereocenters. The first-order valence-corrected chi connectivity index (χ1v) is 8.85. The maximum atomic E-state index is 12.0. The number of H-pyrrole nitrogens is 1. The molecule has 1 fully saturated rings. The third kappa shape index (κ3) is 3.14. The molecule has 0 bridgehead atoms. The number of fused-ring (bicyclic) bond motifs is 1. The number of likely N-dealkylation sites (N-methyl/N-ethyl adjacent to an activating group) is 1. The number of hydrogen-bond acceptors (Lipinski definition) is 6. The van der Waals surface area contributed by atoms with Gasteiger partial charge in [0.25, 0.3) is 0 Å². The van der Waals surface area contributed by atoms with Gasteiger partial charge in [0.2, 0.25) is 0 Å². The standard InChI is InChI=1S/C19H22N7O/c1-24(2)19(27)13-4-5-16(21-10-13)25(3)14-7-9-26(11-14)18-15-6-8-20-17(15)22-12-23-18/h4-6,8,10,12,14H,1,7,9,11H2,2-3H3,(H,20,22,23)/q+1. The molecule has 8 nitrogen and oxygen atoms in total. The summed E-state index contributed by atoms with van der Waals surface area (Å²) in [6.07, 6.45) is 6.10. The Morgan fingerprint density at radius 3 is 2.93 bits per heavy atom. The number of hydrogen-bond donors (Lipinski definition) is 1. The van der Waals surface area contributed by atoms with Gasteiger partial charge in [-0.2, -0.15) is 4.58 Å². The second-order valence-corrected chi connectivity index (χ2v) is 6.84. The van der Waals surface area contributed by atoms with Crippen LogP contribution in [0.2, 0.25) is 0 Å². The van der Waals surface area contributed by atoms with E-state index < -0.39 is 0 Å². The summed E-state index contributed by atoms with van der Waals surface area (Å²) in [4.78, 5) is 32.8. The van der Waals surface area contributed by atoms with Gasteiger partial charge in [0.1, 0.15) is 42.9 Å². The summed E-state index contributed by atoms with van der Waals surface area (Å²) in [6.45, 7) is 5.40. The van der Waals surface area contributed by atoms with Gasteiger partial charge in [0.05, 0.1) is 5.39 Å². The van der Waals surface area contributed by atoms with Crippen LogP contribution in [0.15, 0.2) is 36.9 Å². The average Bonchev–Trinajstić information content (AvgIpc) is 3.36. The van der Waals surface area contributed by atoms with Crippen LogP contribution in [0.25, 0.3) is 11.0 Å². The molecule has 1 aliphatic rings. The fourth-order valence-electron chi connectivity index (χ4n) is 3.49. The van der Waals surface area contributed by atoms with Crippen LogP contribution in [0.1, 0.15) is 16.8 Å². The molecule has 1 saturated heterocycles. The topological polar surface area (TPSA) is 81.0 Å². The Morgan fingerprint density at radius 1 is 1.33 bits per heavy atom. The van der Waals surface area contributed by atoms with Gasteiger partial charge in [-0.25, -0.2) is 19.7 Å². The minimum Gasteiger partial charge on any atom is -0.355 e. The molecule has 1 atom stereocenters. The minimum absolute atomic E-state index is 0.150. The van der Waals surface area contributed by atoms with E-state index in [2.05, 4.69) is 36.5 Å². The number of anilines is 2. The summed E-state index contributed by atoms with van der Waals surface area (Å²) in [5.74, 6) is 1.66. The highest BCUT2D eigenvalue weighted by molar-refractivity contribution is 5.88. The van der Waals surface area contributed by atoms with Gasteiger partial charge in [-0.3, -0.25) is 0 Å². The van der Waals surface area contributed by atoms with Gasteiger partial charge in [-0.15, -0.1) is 0 Å². The smallest absolute Gasteiger partial charge is 0.355 e. The average molecular weight is 364 g/mol. The van der Waals surface area contributed by atoms with Crippen LogP contribution >= 0.6 is 0 Å². The highest BCUT2D eigenvalue weighted by Gasteiger charge is 2.28. The molecule has 3 aromatic rings. The van der Waals surface area contributed by atoms with Crippen molar-refractivity contribution < 1.29 is 9.37 Å². The van der Waals surface area contributed by atoms with Gasteiger partial charge in [0.15, 0.2) is 0 Å². The molecular weight excluding hydrogens is 342 g/mol. The number of aromatic nitrogens is 4. The van der Waals surface area contributed by atoms with Crippen molar-refractivity contribution in [3.8, 4) is 0 Å². The number of pyridine rings is 1. The van der Waals surface area contributed by atoms with Crippen LogP contribution in [0, 0.1) is 0 Å². The van der Waals surface area contributed by atoms with Crippen LogP contribution in [-0.2, 0) is 0 Å². The molecule has 4 rings (SSSR count). The zero-order valence-electron chi connectivity index (χ0n) is 15.5. The van der Waals surface area contributed by atoms with E-state index in [0.717, 1.165) is 42.2 Å². The Labute approximate surface area is 157 Å². The normalized spacial score (nSPS) is 16.7. The third-order valence-corrected chi connectivity index (χ3v) is 5.05. The molecule has 0 saturated carbocycles. The number of nitrogens with one attached hydrogen (secondary N) is 1. The Morgan fingerprint density at radius 2 is 2.19 bits per heavy atom.